The highest BCUT2D eigenvalue weighted by molar-refractivity contribution is 5.90. The molecule has 1 heterocycles. The lowest BCUT2D eigenvalue weighted by Crippen LogP contribution is -2.13. The molecule has 2 aromatic carbocycles. The molecule has 0 radical (unpaired) electrons. The molecule has 1 aromatic heterocycles. The zero-order chi connectivity index (χ0) is 18.5. The van der Waals surface area contributed by atoms with Gasteiger partial charge in [-0.1, -0.05) is 0 Å². The van der Waals surface area contributed by atoms with Gasteiger partial charge in [0.1, 0.15) is 17.4 Å². The topological polar surface area (TPSA) is 77.2 Å². The van der Waals surface area contributed by atoms with E-state index in [0.29, 0.717) is 17.7 Å². The summed E-state index contributed by atoms with van der Waals surface area (Å²) in [5.41, 5.74) is 0.642. The summed E-state index contributed by atoms with van der Waals surface area (Å²) in [7, 11) is 1.57. The van der Waals surface area contributed by atoms with Gasteiger partial charge in [-0.2, -0.15) is 0 Å². The van der Waals surface area contributed by atoms with Crippen LogP contribution < -0.4 is 10.1 Å². The number of hydrogen-bond acceptors (Lipinski definition) is 5. The molecule has 0 unspecified atom stereocenters. The van der Waals surface area contributed by atoms with Gasteiger partial charge in [0, 0.05) is 24.5 Å². The molecule has 134 valence electrons. The highest BCUT2D eigenvalue weighted by atomic mass is 19.1. The minimum atomic E-state index is -0.835. The number of anilines is 1. The molecule has 8 heteroatoms. The SMILES string of the molecule is COc1ccc(-c2nnc(CCC(=O)Nc3ccc(F)cc3F)o2)cc1. The molecule has 0 spiro atoms. The maximum atomic E-state index is 13.5. The largest absolute Gasteiger partial charge is 0.497 e. The number of amides is 1. The van der Waals surface area contributed by atoms with Crippen molar-refractivity contribution in [3.8, 4) is 17.2 Å². The van der Waals surface area contributed by atoms with Gasteiger partial charge < -0.3 is 14.5 Å². The van der Waals surface area contributed by atoms with Crippen LogP contribution in [0.15, 0.2) is 46.9 Å². The number of carbonyl (C=O) groups is 1. The van der Waals surface area contributed by atoms with Crippen LogP contribution in [0, 0.1) is 11.6 Å². The van der Waals surface area contributed by atoms with Crippen LogP contribution in [-0.2, 0) is 11.2 Å². The van der Waals surface area contributed by atoms with Gasteiger partial charge in [-0.05, 0) is 36.4 Å². The van der Waals surface area contributed by atoms with Crippen LogP contribution >= 0.6 is 0 Å². The minimum Gasteiger partial charge on any atom is -0.497 e. The third-order valence-electron chi connectivity index (χ3n) is 3.57. The quantitative estimate of drug-likeness (QED) is 0.728. The van der Waals surface area contributed by atoms with Crippen LogP contribution in [0.1, 0.15) is 12.3 Å². The molecular weight excluding hydrogens is 344 g/mol. The van der Waals surface area contributed by atoms with Crippen LogP contribution in [0.3, 0.4) is 0 Å². The molecule has 0 atom stereocenters. The Morgan fingerprint density at radius 3 is 2.62 bits per heavy atom. The molecule has 0 saturated heterocycles. The molecule has 3 rings (SSSR count). The molecule has 0 aliphatic heterocycles. The van der Waals surface area contributed by atoms with E-state index in [1.54, 1.807) is 31.4 Å². The molecular formula is C18H15F2N3O3. The van der Waals surface area contributed by atoms with Gasteiger partial charge >= 0.3 is 0 Å². The zero-order valence-electron chi connectivity index (χ0n) is 13.8. The summed E-state index contributed by atoms with van der Waals surface area (Å²) in [4.78, 5) is 11.9. The normalized spacial score (nSPS) is 10.6. The monoisotopic (exact) mass is 359 g/mol. The van der Waals surface area contributed by atoms with Gasteiger partial charge in [0.2, 0.25) is 17.7 Å². The van der Waals surface area contributed by atoms with Crippen molar-refractivity contribution in [3.05, 3.63) is 60.0 Å². The van der Waals surface area contributed by atoms with Crippen LogP contribution in [0.5, 0.6) is 5.75 Å². The number of rotatable bonds is 6. The number of ether oxygens (including phenoxy) is 1. The van der Waals surface area contributed by atoms with E-state index in [9.17, 15) is 13.6 Å². The molecule has 1 amide bonds. The van der Waals surface area contributed by atoms with E-state index in [-0.39, 0.29) is 24.4 Å². The van der Waals surface area contributed by atoms with Gasteiger partial charge in [0.15, 0.2) is 0 Å². The number of aryl methyl sites for hydroxylation is 1. The van der Waals surface area contributed by atoms with E-state index in [4.69, 9.17) is 9.15 Å². The Labute approximate surface area is 147 Å². The molecule has 0 bridgehead atoms. The van der Waals surface area contributed by atoms with Crippen molar-refractivity contribution in [2.24, 2.45) is 0 Å². The van der Waals surface area contributed by atoms with Crippen molar-refractivity contribution in [1.82, 2.24) is 10.2 Å². The van der Waals surface area contributed by atoms with Crippen LogP contribution in [-0.4, -0.2) is 23.2 Å². The summed E-state index contributed by atoms with van der Waals surface area (Å²) in [6.45, 7) is 0. The number of nitrogens with one attached hydrogen (secondary N) is 1. The number of aromatic nitrogens is 2. The minimum absolute atomic E-state index is 0.0149. The fraction of sp³-hybridized carbons (Fsp3) is 0.167. The Kier molecular flexibility index (Phi) is 5.21. The number of methoxy groups -OCH3 is 1. The van der Waals surface area contributed by atoms with Crippen molar-refractivity contribution in [2.45, 2.75) is 12.8 Å². The number of carbonyl (C=O) groups excluding carboxylic acids is 1. The first-order valence-corrected chi connectivity index (χ1v) is 7.77. The summed E-state index contributed by atoms with van der Waals surface area (Å²) in [6.07, 6.45) is 0.207. The lowest BCUT2D eigenvalue weighted by molar-refractivity contribution is -0.116. The summed E-state index contributed by atoms with van der Waals surface area (Å²) < 4.78 is 37.0. The predicted molar refractivity (Wildman–Crippen MR) is 89.6 cm³/mol. The van der Waals surface area contributed by atoms with Gasteiger partial charge in [0.05, 0.1) is 12.8 Å². The summed E-state index contributed by atoms with van der Waals surface area (Å²) in [6, 6.07) is 10.0. The lowest BCUT2D eigenvalue weighted by atomic mass is 10.2. The summed E-state index contributed by atoms with van der Waals surface area (Å²) in [5, 5.41) is 10.2. The maximum absolute atomic E-state index is 13.5. The zero-order valence-corrected chi connectivity index (χ0v) is 13.8. The molecule has 1 N–H and O–H groups in total. The molecule has 0 fully saturated rings. The maximum Gasteiger partial charge on any atom is 0.247 e. The second-order valence-electron chi connectivity index (χ2n) is 5.40. The Morgan fingerprint density at radius 1 is 1.15 bits per heavy atom. The molecule has 0 aliphatic rings. The fourth-order valence-corrected chi connectivity index (χ4v) is 2.23. The third-order valence-corrected chi connectivity index (χ3v) is 3.57. The average molecular weight is 359 g/mol. The van der Waals surface area contributed by atoms with Crippen molar-refractivity contribution >= 4 is 11.6 Å². The molecule has 0 aliphatic carbocycles. The second-order valence-corrected chi connectivity index (χ2v) is 5.40. The van der Waals surface area contributed by atoms with Gasteiger partial charge in [0.25, 0.3) is 0 Å². The Bertz CT molecular complexity index is 910. The van der Waals surface area contributed by atoms with E-state index in [1.165, 1.54) is 0 Å². The van der Waals surface area contributed by atoms with Crippen LogP contribution in [0.2, 0.25) is 0 Å². The average Bonchev–Trinajstić information content (AvgIpc) is 3.11. The van der Waals surface area contributed by atoms with Crippen molar-refractivity contribution in [3.63, 3.8) is 0 Å². The molecule has 6 nitrogen and oxygen atoms in total. The van der Waals surface area contributed by atoms with Crippen molar-refractivity contribution in [2.75, 3.05) is 12.4 Å². The number of benzene rings is 2. The van der Waals surface area contributed by atoms with Gasteiger partial charge in [-0.15, -0.1) is 10.2 Å². The third kappa shape index (κ3) is 4.21. The highest BCUT2D eigenvalue weighted by Gasteiger charge is 2.12. The lowest BCUT2D eigenvalue weighted by Gasteiger charge is -2.05. The van der Waals surface area contributed by atoms with E-state index in [1.807, 2.05) is 0 Å². The number of halogens is 2. The van der Waals surface area contributed by atoms with Crippen LogP contribution in [0.4, 0.5) is 14.5 Å². The first-order chi connectivity index (χ1) is 12.5. The van der Waals surface area contributed by atoms with Crippen LogP contribution in [0.25, 0.3) is 11.5 Å². The van der Waals surface area contributed by atoms with Gasteiger partial charge in [-0.25, -0.2) is 8.78 Å². The Morgan fingerprint density at radius 2 is 1.92 bits per heavy atom. The van der Waals surface area contributed by atoms with Crippen molar-refractivity contribution < 1.29 is 22.7 Å². The fourth-order valence-electron chi connectivity index (χ4n) is 2.23. The standard InChI is InChI=1S/C18H15F2N3O3/c1-25-13-5-2-11(3-6-13)18-23-22-17(26-18)9-8-16(24)21-15-7-4-12(19)10-14(15)20/h2-7,10H,8-9H2,1H3,(H,21,24). The van der Waals surface area contributed by atoms with Gasteiger partial charge in [-0.3, -0.25) is 4.79 Å². The smallest absolute Gasteiger partial charge is 0.247 e. The number of nitrogens with zero attached hydrogens (tertiary/aromatic N) is 2. The first kappa shape index (κ1) is 17.5. The first-order valence-electron chi connectivity index (χ1n) is 7.77. The number of hydrogen-bond donors (Lipinski definition) is 1. The van der Waals surface area contributed by atoms with E-state index in [0.717, 1.165) is 17.7 Å². The highest BCUT2D eigenvalue weighted by Crippen LogP contribution is 2.21. The Balaban J connectivity index is 1.58. The van der Waals surface area contributed by atoms with Crippen molar-refractivity contribution in [1.29, 1.82) is 0 Å². The van der Waals surface area contributed by atoms with E-state index >= 15 is 0 Å². The van der Waals surface area contributed by atoms with E-state index in [2.05, 4.69) is 15.5 Å². The predicted octanol–water partition coefficient (Wildman–Crippen LogP) is 3.59. The summed E-state index contributed by atoms with van der Waals surface area (Å²) >= 11 is 0. The Hall–Kier alpha value is -3.29. The second kappa shape index (κ2) is 7.73. The summed E-state index contributed by atoms with van der Waals surface area (Å²) in [5.74, 6) is -0.675. The van der Waals surface area contributed by atoms with E-state index < -0.39 is 17.5 Å². The molecule has 0 saturated carbocycles. The molecule has 26 heavy (non-hydrogen) atoms. The molecule has 3 aromatic rings.